The first-order valence-corrected chi connectivity index (χ1v) is 7.40. The van der Waals surface area contributed by atoms with Gasteiger partial charge in [-0.05, 0) is 24.1 Å². The van der Waals surface area contributed by atoms with Crippen LogP contribution in [0.15, 0.2) is 30.3 Å². The zero-order chi connectivity index (χ0) is 16.0. The number of H-pyrrole nitrogens is 1. The van der Waals surface area contributed by atoms with Gasteiger partial charge in [0.05, 0.1) is 6.61 Å². The number of alkyl halides is 2. The van der Waals surface area contributed by atoms with Gasteiger partial charge in [-0.3, -0.25) is 9.89 Å². The van der Waals surface area contributed by atoms with Crippen molar-refractivity contribution in [2.75, 3.05) is 19.7 Å². The molecule has 1 spiro atoms. The monoisotopic (exact) mass is 319 g/mol. The summed E-state index contributed by atoms with van der Waals surface area (Å²) < 4.78 is 30.9. The molecule has 1 fully saturated rings. The molecule has 0 saturated carbocycles. The molecule has 1 N–H and O–H groups in total. The van der Waals surface area contributed by atoms with Gasteiger partial charge < -0.3 is 9.64 Å². The van der Waals surface area contributed by atoms with Crippen molar-refractivity contribution in [3.63, 3.8) is 0 Å². The normalized spacial score (nSPS) is 18.5. The second kappa shape index (κ2) is 5.04. The van der Waals surface area contributed by atoms with Gasteiger partial charge in [-0.25, -0.2) is 8.78 Å². The molecule has 1 saturated heterocycles. The van der Waals surface area contributed by atoms with Gasteiger partial charge in [0.15, 0.2) is 5.69 Å². The van der Waals surface area contributed by atoms with Crippen molar-refractivity contribution in [2.45, 2.75) is 12.8 Å². The van der Waals surface area contributed by atoms with Crippen LogP contribution < -0.4 is 4.74 Å². The lowest BCUT2D eigenvalue weighted by Crippen LogP contribution is -2.62. The Morgan fingerprint density at radius 2 is 2.13 bits per heavy atom. The predicted molar refractivity (Wildman–Crippen MR) is 77.5 cm³/mol. The summed E-state index contributed by atoms with van der Waals surface area (Å²) in [4.78, 5) is 13.9. The van der Waals surface area contributed by atoms with E-state index in [1.165, 1.54) is 0 Å². The van der Waals surface area contributed by atoms with E-state index in [0.29, 0.717) is 19.7 Å². The molecule has 0 bridgehead atoms. The molecule has 0 aliphatic carbocycles. The van der Waals surface area contributed by atoms with E-state index in [-0.39, 0.29) is 22.7 Å². The van der Waals surface area contributed by atoms with Crippen LogP contribution >= 0.6 is 0 Å². The summed E-state index contributed by atoms with van der Waals surface area (Å²) in [5.41, 5.74) is 0.766. The average Bonchev–Trinajstić information content (AvgIpc) is 3.01. The fourth-order valence-electron chi connectivity index (χ4n) is 3.31. The molecule has 120 valence electrons. The first kappa shape index (κ1) is 14.2. The maximum Gasteiger partial charge on any atom is 0.279 e. The third-order valence-electron chi connectivity index (χ3n) is 4.46. The third kappa shape index (κ3) is 2.36. The second-order valence-corrected chi connectivity index (χ2v) is 6.24. The number of carbonyl (C=O) groups is 1. The Morgan fingerprint density at radius 3 is 2.87 bits per heavy atom. The number of benzene rings is 1. The van der Waals surface area contributed by atoms with E-state index >= 15 is 0 Å². The molecule has 0 atom stereocenters. The minimum Gasteiger partial charge on any atom is -0.493 e. The highest BCUT2D eigenvalue weighted by Crippen LogP contribution is 2.41. The number of rotatable bonds is 2. The minimum absolute atomic E-state index is 0.0345. The number of nitrogens with one attached hydrogen (secondary N) is 1. The third-order valence-corrected chi connectivity index (χ3v) is 4.46. The number of hydrogen-bond acceptors (Lipinski definition) is 3. The highest BCUT2D eigenvalue weighted by Gasteiger charge is 2.48. The molecular formula is C16H15F2N3O2. The molecule has 5 nitrogen and oxygen atoms in total. The Morgan fingerprint density at radius 1 is 1.35 bits per heavy atom. The van der Waals surface area contributed by atoms with Crippen molar-refractivity contribution < 1.29 is 18.3 Å². The lowest BCUT2D eigenvalue weighted by molar-refractivity contribution is -0.0293. The number of amides is 1. The van der Waals surface area contributed by atoms with E-state index in [0.717, 1.165) is 23.8 Å². The molecule has 23 heavy (non-hydrogen) atoms. The van der Waals surface area contributed by atoms with Gasteiger partial charge in [-0.1, -0.05) is 18.2 Å². The van der Waals surface area contributed by atoms with Crippen LogP contribution in [0.3, 0.4) is 0 Å². The SMILES string of the molecule is O=C(c1cc(C(F)F)[nH]n1)N1CC2(COc3ccccc3C2)C1. The smallest absolute Gasteiger partial charge is 0.279 e. The molecule has 0 unspecified atom stereocenters. The van der Waals surface area contributed by atoms with Crippen LogP contribution in [-0.4, -0.2) is 40.7 Å². The zero-order valence-corrected chi connectivity index (χ0v) is 12.3. The van der Waals surface area contributed by atoms with Crippen molar-refractivity contribution in [1.82, 2.24) is 15.1 Å². The van der Waals surface area contributed by atoms with Crippen molar-refractivity contribution in [3.05, 3.63) is 47.3 Å². The molecule has 2 aromatic rings. The number of aromatic amines is 1. The minimum atomic E-state index is -2.66. The largest absolute Gasteiger partial charge is 0.493 e. The number of carbonyl (C=O) groups excluding carboxylic acids is 1. The van der Waals surface area contributed by atoms with Crippen LogP contribution in [0.5, 0.6) is 5.75 Å². The second-order valence-electron chi connectivity index (χ2n) is 6.24. The van der Waals surface area contributed by atoms with Crippen molar-refractivity contribution in [1.29, 1.82) is 0 Å². The Hall–Kier alpha value is -2.44. The zero-order valence-electron chi connectivity index (χ0n) is 12.3. The number of hydrogen-bond donors (Lipinski definition) is 1. The van der Waals surface area contributed by atoms with Gasteiger partial charge in [0, 0.05) is 18.5 Å². The number of para-hydroxylation sites is 1. The highest BCUT2D eigenvalue weighted by atomic mass is 19.3. The fraction of sp³-hybridized carbons (Fsp3) is 0.375. The fourth-order valence-corrected chi connectivity index (χ4v) is 3.31. The quantitative estimate of drug-likeness (QED) is 0.925. The van der Waals surface area contributed by atoms with Crippen LogP contribution in [-0.2, 0) is 6.42 Å². The van der Waals surface area contributed by atoms with Crippen molar-refractivity contribution in [3.8, 4) is 5.75 Å². The van der Waals surface area contributed by atoms with E-state index in [4.69, 9.17) is 4.74 Å². The lowest BCUT2D eigenvalue weighted by Gasteiger charge is -2.51. The Kier molecular flexibility index (Phi) is 3.11. The topological polar surface area (TPSA) is 58.2 Å². The maximum absolute atomic E-state index is 12.6. The Balaban J connectivity index is 1.44. The number of fused-ring (bicyclic) bond motifs is 1. The van der Waals surface area contributed by atoms with Crippen LogP contribution in [0.25, 0.3) is 0 Å². The van der Waals surface area contributed by atoms with Crippen LogP contribution in [0.4, 0.5) is 8.78 Å². The Bertz CT molecular complexity index is 753. The van der Waals surface area contributed by atoms with Gasteiger partial charge in [-0.2, -0.15) is 5.10 Å². The molecule has 4 rings (SSSR count). The highest BCUT2D eigenvalue weighted by molar-refractivity contribution is 5.93. The summed E-state index contributed by atoms with van der Waals surface area (Å²) in [5, 5.41) is 5.88. The molecule has 1 aromatic heterocycles. The lowest BCUT2D eigenvalue weighted by atomic mass is 9.74. The van der Waals surface area contributed by atoms with E-state index in [1.54, 1.807) is 4.90 Å². The van der Waals surface area contributed by atoms with E-state index < -0.39 is 6.43 Å². The van der Waals surface area contributed by atoms with Crippen LogP contribution in [0.2, 0.25) is 0 Å². The summed E-state index contributed by atoms with van der Waals surface area (Å²) in [5.74, 6) is 0.578. The predicted octanol–water partition coefficient (Wildman–Crippen LogP) is 2.42. The van der Waals surface area contributed by atoms with Gasteiger partial charge >= 0.3 is 0 Å². The number of likely N-dealkylation sites (tertiary alicyclic amines) is 1. The number of aromatic nitrogens is 2. The molecule has 0 radical (unpaired) electrons. The summed E-state index contributed by atoms with van der Waals surface area (Å²) in [6.07, 6.45) is -1.80. The maximum atomic E-state index is 12.6. The molecule has 7 heteroatoms. The van der Waals surface area contributed by atoms with Crippen molar-refractivity contribution >= 4 is 5.91 Å². The van der Waals surface area contributed by atoms with Crippen molar-refractivity contribution in [2.24, 2.45) is 5.41 Å². The molecule has 1 aromatic carbocycles. The number of ether oxygens (including phenoxy) is 1. The van der Waals surface area contributed by atoms with Gasteiger partial charge in [0.25, 0.3) is 12.3 Å². The summed E-state index contributed by atoms with van der Waals surface area (Å²) >= 11 is 0. The van der Waals surface area contributed by atoms with Crippen LogP contribution in [0, 0.1) is 5.41 Å². The number of nitrogens with zero attached hydrogens (tertiary/aromatic N) is 2. The first-order valence-electron chi connectivity index (χ1n) is 7.40. The van der Waals surface area contributed by atoms with Gasteiger partial charge in [0.2, 0.25) is 0 Å². The molecular weight excluding hydrogens is 304 g/mol. The summed E-state index contributed by atoms with van der Waals surface area (Å²) in [6.45, 7) is 1.67. The van der Waals surface area contributed by atoms with Gasteiger partial charge in [-0.15, -0.1) is 0 Å². The molecule has 3 heterocycles. The van der Waals surface area contributed by atoms with Gasteiger partial charge in [0.1, 0.15) is 11.4 Å². The van der Waals surface area contributed by atoms with E-state index in [9.17, 15) is 13.6 Å². The Labute approximate surface area is 131 Å². The molecule has 2 aliphatic rings. The first-order chi connectivity index (χ1) is 11.1. The summed E-state index contributed by atoms with van der Waals surface area (Å²) in [7, 11) is 0. The summed E-state index contributed by atoms with van der Waals surface area (Å²) in [6, 6.07) is 9.00. The average molecular weight is 319 g/mol. The van der Waals surface area contributed by atoms with E-state index in [1.807, 2.05) is 24.3 Å². The molecule has 1 amide bonds. The number of halogens is 2. The van der Waals surface area contributed by atoms with E-state index in [2.05, 4.69) is 10.2 Å². The standard InChI is InChI=1S/C16H15F2N3O2/c17-14(18)11-5-12(20-19-11)15(22)21-7-16(8-21)6-10-3-1-2-4-13(10)23-9-16/h1-5,14H,6-9H2,(H,19,20). The molecule has 2 aliphatic heterocycles. The van der Waals surface area contributed by atoms with Crippen LogP contribution in [0.1, 0.15) is 28.2 Å².